The predicted octanol–water partition coefficient (Wildman–Crippen LogP) is 3.15. The molecule has 0 aliphatic heterocycles. The van der Waals surface area contributed by atoms with Gasteiger partial charge in [-0.05, 0) is 47.6 Å². The van der Waals surface area contributed by atoms with E-state index in [0.29, 0.717) is 5.92 Å². The molecule has 13 heavy (non-hydrogen) atoms. The Labute approximate surface area is 83.4 Å². The molecule has 1 nitrogen and oxygen atoms in total. The fourth-order valence-electron chi connectivity index (χ4n) is 2.32. The summed E-state index contributed by atoms with van der Waals surface area (Å²) in [6.45, 7) is 2.23. The van der Waals surface area contributed by atoms with Crippen LogP contribution in [-0.2, 0) is 5.60 Å². The number of rotatable bonds is 1. The topological polar surface area (TPSA) is 20.2 Å². The van der Waals surface area contributed by atoms with Crippen LogP contribution >= 0.6 is 11.3 Å². The third-order valence-corrected chi connectivity index (χ3v) is 3.72. The monoisotopic (exact) mass is 196 g/mol. The average Bonchev–Trinajstić information content (AvgIpc) is 2.55. The number of hydrogen-bond donors (Lipinski definition) is 1. The predicted molar refractivity (Wildman–Crippen MR) is 55.8 cm³/mol. The smallest absolute Gasteiger partial charge is 0.0907 e. The van der Waals surface area contributed by atoms with Gasteiger partial charge >= 0.3 is 0 Å². The van der Waals surface area contributed by atoms with Gasteiger partial charge in [-0.3, -0.25) is 0 Å². The number of thiophene rings is 1. The minimum absolute atomic E-state index is 0.516. The van der Waals surface area contributed by atoms with Gasteiger partial charge in [0.2, 0.25) is 0 Å². The van der Waals surface area contributed by atoms with Crippen LogP contribution in [0.5, 0.6) is 0 Å². The Morgan fingerprint density at radius 1 is 1.62 bits per heavy atom. The van der Waals surface area contributed by atoms with E-state index in [9.17, 15) is 5.11 Å². The van der Waals surface area contributed by atoms with Crippen molar-refractivity contribution >= 4 is 11.3 Å². The number of aliphatic hydroxyl groups is 1. The van der Waals surface area contributed by atoms with Crippen molar-refractivity contribution in [1.82, 2.24) is 0 Å². The molecule has 2 rings (SSSR count). The third-order valence-electron chi connectivity index (χ3n) is 3.03. The van der Waals surface area contributed by atoms with E-state index in [1.807, 2.05) is 5.38 Å². The van der Waals surface area contributed by atoms with E-state index in [1.54, 1.807) is 11.3 Å². The zero-order chi connectivity index (χ0) is 9.31. The van der Waals surface area contributed by atoms with E-state index in [0.717, 1.165) is 24.8 Å². The summed E-state index contributed by atoms with van der Waals surface area (Å²) in [4.78, 5) is 0. The molecule has 1 aliphatic carbocycles. The molecule has 1 aromatic heterocycles. The minimum Gasteiger partial charge on any atom is -0.385 e. The van der Waals surface area contributed by atoms with Crippen molar-refractivity contribution in [1.29, 1.82) is 0 Å². The summed E-state index contributed by atoms with van der Waals surface area (Å²) in [5.74, 6) is 0.665. The molecule has 0 aromatic carbocycles. The first-order chi connectivity index (χ1) is 6.21. The van der Waals surface area contributed by atoms with Gasteiger partial charge in [-0.2, -0.15) is 11.3 Å². The second-order valence-corrected chi connectivity index (χ2v) is 5.03. The van der Waals surface area contributed by atoms with Gasteiger partial charge in [-0.15, -0.1) is 0 Å². The standard InChI is InChI=1S/C11H16OS/c1-9-3-2-5-11(12,7-9)10-4-6-13-8-10/h4,6,8-9,12H,2-3,5,7H2,1H3. The molecule has 2 unspecified atom stereocenters. The average molecular weight is 196 g/mol. The van der Waals surface area contributed by atoms with Gasteiger partial charge in [0.25, 0.3) is 0 Å². The van der Waals surface area contributed by atoms with E-state index in [2.05, 4.69) is 18.4 Å². The van der Waals surface area contributed by atoms with Crippen LogP contribution in [0.2, 0.25) is 0 Å². The summed E-state index contributed by atoms with van der Waals surface area (Å²) in [5, 5.41) is 14.5. The zero-order valence-corrected chi connectivity index (χ0v) is 8.81. The summed E-state index contributed by atoms with van der Waals surface area (Å²) >= 11 is 1.67. The molecule has 0 spiro atoms. The van der Waals surface area contributed by atoms with E-state index in [4.69, 9.17) is 0 Å². The minimum atomic E-state index is -0.516. The Morgan fingerprint density at radius 3 is 3.08 bits per heavy atom. The van der Waals surface area contributed by atoms with Crippen LogP contribution < -0.4 is 0 Å². The fraction of sp³-hybridized carbons (Fsp3) is 0.636. The molecule has 72 valence electrons. The molecule has 2 atom stereocenters. The summed E-state index contributed by atoms with van der Waals surface area (Å²) in [6, 6.07) is 2.06. The highest BCUT2D eigenvalue weighted by Gasteiger charge is 2.34. The maximum atomic E-state index is 10.4. The first-order valence-electron chi connectivity index (χ1n) is 4.96. The van der Waals surface area contributed by atoms with E-state index in [-0.39, 0.29) is 0 Å². The van der Waals surface area contributed by atoms with E-state index in [1.165, 1.54) is 6.42 Å². The first-order valence-corrected chi connectivity index (χ1v) is 5.90. The van der Waals surface area contributed by atoms with Crippen LogP contribution in [0.4, 0.5) is 0 Å². The summed E-state index contributed by atoms with van der Waals surface area (Å²) in [7, 11) is 0. The van der Waals surface area contributed by atoms with Gasteiger partial charge in [0.1, 0.15) is 0 Å². The third kappa shape index (κ3) is 1.79. The molecule has 1 heterocycles. The Hall–Kier alpha value is -0.340. The van der Waals surface area contributed by atoms with Crippen molar-refractivity contribution in [3.8, 4) is 0 Å². The molecule has 2 heteroatoms. The van der Waals surface area contributed by atoms with Gasteiger partial charge < -0.3 is 5.11 Å². The van der Waals surface area contributed by atoms with Crippen molar-refractivity contribution < 1.29 is 5.11 Å². The van der Waals surface area contributed by atoms with Gasteiger partial charge in [0.15, 0.2) is 0 Å². The molecule has 1 fully saturated rings. The first kappa shape index (κ1) is 9.22. The second kappa shape index (κ2) is 3.43. The zero-order valence-electron chi connectivity index (χ0n) is 7.99. The van der Waals surface area contributed by atoms with Gasteiger partial charge in [0.05, 0.1) is 5.60 Å². The van der Waals surface area contributed by atoms with Crippen LogP contribution in [0.1, 0.15) is 38.2 Å². The van der Waals surface area contributed by atoms with Crippen LogP contribution in [0.25, 0.3) is 0 Å². The Morgan fingerprint density at radius 2 is 2.46 bits per heavy atom. The lowest BCUT2D eigenvalue weighted by molar-refractivity contribution is -0.0175. The maximum absolute atomic E-state index is 10.4. The molecule has 0 amide bonds. The summed E-state index contributed by atoms with van der Waals surface area (Å²) in [5.41, 5.74) is 0.613. The Kier molecular flexibility index (Phi) is 2.43. The highest BCUT2D eigenvalue weighted by molar-refractivity contribution is 7.08. The van der Waals surface area contributed by atoms with Crippen LogP contribution in [0.15, 0.2) is 16.8 Å². The molecule has 0 saturated heterocycles. The van der Waals surface area contributed by atoms with Gasteiger partial charge in [-0.1, -0.05) is 13.3 Å². The van der Waals surface area contributed by atoms with Crippen LogP contribution in [0, 0.1) is 5.92 Å². The molecule has 0 radical (unpaired) electrons. The largest absolute Gasteiger partial charge is 0.385 e. The Balaban J connectivity index is 2.20. The van der Waals surface area contributed by atoms with E-state index < -0.39 is 5.60 Å². The highest BCUT2D eigenvalue weighted by atomic mass is 32.1. The lowest BCUT2D eigenvalue weighted by Crippen LogP contribution is -2.31. The van der Waals surface area contributed by atoms with Crippen LogP contribution in [0.3, 0.4) is 0 Å². The van der Waals surface area contributed by atoms with Crippen molar-refractivity contribution in [2.45, 2.75) is 38.2 Å². The van der Waals surface area contributed by atoms with Crippen LogP contribution in [-0.4, -0.2) is 5.11 Å². The molecular formula is C11H16OS. The van der Waals surface area contributed by atoms with Crippen molar-refractivity contribution in [3.63, 3.8) is 0 Å². The van der Waals surface area contributed by atoms with Gasteiger partial charge in [0, 0.05) is 0 Å². The molecule has 1 aliphatic rings. The maximum Gasteiger partial charge on any atom is 0.0907 e. The molecule has 1 N–H and O–H groups in total. The van der Waals surface area contributed by atoms with Gasteiger partial charge in [-0.25, -0.2) is 0 Å². The highest BCUT2D eigenvalue weighted by Crippen LogP contribution is 2.40. The Bertz CT molecular complexity index is 268. The lowest BCUT2D eigenvalue weighted by atomic mass is 9.76. The van der Waals surface area contributed by atoms with Crippen molar-refractivity contribution in [3.05, 3.63) is 22.4 Å². The SMILES string of the molecule is CC1CCCC(O)(c2ccsc2)C1. The summed E-state index contributed by atoms with van der Waals surface area (Å²) in [6.07, 6.45) is 4.30. The normalized spacial score (nSPS) is 34.8. The fourth-order valence-corrected chi connectivity index (χ4v) is 3.06. The molecule has 0 bridgehead atoms. The summed E-state index contributed by atoms with van der Waals surface area (Å²) < 4.78 is 0. The van der Waals surface area contributed by atoms with E-state index >= 15 is 0 Å². The molecular weight excluding hydrogens is 180 g/mol. The number of hydrogen-bond acceptors (Lipinski definition) is 2. The lowest BCUT2D eigenvalue weighted by Gasteiger charge is -2.35. The molecule has 1 aromatic rings. The molecule has 1 saturated carbocycles. The van der Waals surface area contributed by atoms with Crippen molar-refractivity contribution in [2.24, 2.45) is 5.92 Å². The van der Waals surface area contributed by atoms with Crippen molar-refractivity contribution in [2.75, 3.05) is 0 Å². The second-order valence-electron chi connectivity index (χ2n) is 4.25. The quantitative estimate of drug-likeness (QED) is 0.731.